The quantitative estimate of drug-likeness (QED) is 0.837. The van der Waals surface area contributed by atoms with E-state index in [0.717, 1.165) is 16.3 Å². The molecule has 0 atom stereocenters. The predicted molar refractivity (Wildman–Crippen MR) is 74.9 cm³/mol. The maximum absolute atomic E-state index is 11.8. The summed E-state index contributed by atoms with van der Waals surface area (Å²) in [6.07, 6.45) is 0. The summed E-state index contributed by atoms with van der Waals surface area (Å²) >= 11 is 0. The van der Waals surface area contributed by atoms with E-state index in [2.05, 4.69) is 0 Å². The van der Waals surface area contributed by atoms with Gasteiger partial charge in [0, 0.05) is 5.39 Å². The Morgan fingerprint density at radius 3 is 2.42 bits per heavy atom. The van der Waals surface area contributed by atoms with Crippen molar-refractivity contribution < 1.29 is 14.6 Å². The zero-order valence-corrected chi connectivity index (χ0v) is 11.4. The molecule has 3 heteroatoms. The lowest BCUT2D eigenvalue weighted by Crippen LogP contribution is -2.22. The fraction of sp³-hybridized carbons (Fsp3) is 0.312. The molecule has 100 valence electrons. The summed E-state index contributed by atoms with van der Waals surface area (Å²) in [6.45, 7) is 5.69. The molecule has 0 aliphatic heterocycles. The van der Waals surface area contributed by atoms with Crippen molar-refractivity contribution in [1.29, 1.82) is 0 Å². The van der Waals surface area contributed by atoms with Gasteiger partial charge in [0.2, 0.25) is 0 Å². The molecule has 0 heterocycles. The molecule has 19 heavy (non-hydrogen) atoms. The van der Waals surface area contributed by atoms with Crippen molar-refractivity contribution in [3.63, 3.8) is 0 Å². The first-order valence-electron chi connectivity index (χ1n) is 6.26. The van der Waals surface area contributed by atoms with Gasteiger partial charge in [0.25, 0.3) is 0 Å². The molecule has 1 N–H and O–H groups in total. The molecule has 2 rings (SSSR count). The van der Waals surface area contributed by atoms with Crippen LogP contribution in [0.4, 0.5) is 0 Å². The number of aromatic hydroxyl groups is 1. The standard InChI is InChI=1S/C16H18O3/c1-16(2,3)15(18)19-10-11-6-4-8-13-12(11)7-5-9-14(13)17/h4-9,17H,10H2,1-3H3. The number of phenols is 1. The summed E-state index contributed by atoms with van der Waals surface area (Å²) in [5.41, 5.74) is 0.387. The minimum atomic E-state index is -0.507. The number of esters is 1. The summed E-state index contributed by atoms with van der Waals surface area (Å²) in [6, 6.07) is 10.9. The summed E-state index contributed by atoms with van der Waals surface area (Å²) in [4.78, 5) is 11.8. The van der Waals surface area contributed by atoms with Crippen molar-refractivity contribution in [2.75, 3.05) is 0 Å². The average molecular weight is 258 g/mol. The topological polar surface area (TPSA) is 46.5 Å². The first kappa shape index (κ1) is 13.4. The molecule has 0 radical (unpaired) electrons. The Morgan fingerprint density at radius 2 is 1.74 bits per heavy atom. The minimum absolute atomic E-state index is 0.219. The number of hydrogen-bond acceptors (Lipinski definition) is 3. The monoisotopic (exact) mass is 258 g/mol. The van der Waals surface area contributed by atoms with Crippen LogP contribution in [0.3, 0.4) is 0 Å². The normalized spacial score (nSPS) is 11.5. The van der Waals surface area contributed by atoms with Crippen LogP contribution in [0, 0.1) is 5.41 Å². The highest BCUT2D eigenvalue weighted by atomic mass is 16.5. The lowest BCUT2D eigenvalue weighted by atomic mass is 9.97. The van der Waals surface area contributed by atoms with Gasteiger partial charge in [-0.05, 0) is 37.8 Å². The number of fused-ring (bicyclic) bond motifs is 1. The van der Waals surface area contributed by atoms with Gasteiger partial charge in [0.05, 0.1) is 5.41 Å². The minimum Gasteiger partial charge on any atom is -0.507 e. The van der Waals surface area contributed by atoms with Crippen LogP contribution in [0.25, 0.3) is 10.8 Å². The van der Waals surface area contributed by atoms with Crippen LogP contribution in [0.1, 0.15) is 26.3 Å². The van der Waals surface area contributed by atoms with Gasteiger partial charge in [-0.25, -0.2) is 0 Å². The molecule has 0 aromatic heterocycles. The SMILES string of the molecule is CC(C)(C)C(=O)OCc1cccc2c(O)cccc12. The van der Waals surface area contributed by atoms with E-state index in [1.807, 2.05) is 45.0 Å². The fourth-order valence-electron chi connectivity index (χ4n) is 1.84. The maximum Gasteiger partial charge on any atom is 0.311 e. The van der Waals surface area contributed by atoms with E-state index in [0.29, 0.717) is 0 Å². The fourth-order valence-corrected chi connectivity index (χ4v) is 1.84. The molecule has 3 nitrogen and oxygen atoms in total. The van der Waals surface area contributed by atoms with Gasteiger partial charge in [0.15, 0.2) is 0 Å². The Labute approximate surface area is 112 Å². The van der Waals surface area contributed by atoms with E-state index in [4.69, 9.17) is 4.74 Å². The van der Waals surface area contributed by atoms with E-state index in [9.17, 15) is 9.90 Å². The molecule has 0 amide bonds. The summed E-state index contributed by atoms with van der Waals surface area (Å²) < 4.78 is 5.32. The molecule has 0 saturated heterocycles. The van der Waals surface area contributed by atoms with E-state index in [1.54, 1.807) is 12.1 Å². The van der Waals surface area contributed by atoms with Crippen molar-refractivity contribution in [3.8, 4) is 5.75 Å². The maximum atomic E-state index is 11.8. The second-order valence-corrected chi connectivity index (χ2v) is 5.62. The van der Waals surface area contributed by atoms with E-state index in [-0.39, 0.29) is 18.3 Å². The summed E-state index contributed by atoms with van der Waals surface area (Å²) in [7, 11) is 0. The van der Waals surface area contributed by atoms with Gasteiger partial charge >= 0.3 is 5.97 Å². The van der Waals surface area contributed by atoms with Crippen LogP contribution in [-0.4, -0.2) is 11.1 Å². The molecule has 0 bridgehead atoms. The highest BCUT2D eigenvalue weighted by Crippen LogP contribution is 2.27. The molecular weight excluding hydrogens is 240 g/mol. The number of hydrogen-bond donors (Lipinski definition) is 1. The number of carbonyl (C=O) groups excluding carboxylic acids is 1. The van der Waals surface area contributed by atoms with Gasteiger partial charge < -0.3 is 9.84 Å². The molecule has 2 aromatic carbocycles. The molecule has 2 aromatic rings. The van der Waals surface area contributed by atoms with Crippen molar-refractivity contribution in [3.05, 3.63) is 42.0 Å². The lowest BCUT2D eigenvalue weighted by molar-refractivity contribution is -0.154. The highest BCUT2D eigenvalue weighted by Gasteiger charge is 2.23. The third kappa shape index (κ3) is 2.87. The molecular formula is C16H18O3. The molecule has 0 fully saturated rings. The first-order valence-corrected chi connectivity index (χ1v) is 6.26. The van der Waals surface area contributed by atoms with Crippen LogP contribution in [-0.2, 0) is 16.1 Å². The van der Waals surface area contributed by atoms with Crippen LogP contribution in [0.15, 0.2) is 36.4 Å². The number of phenolic OH excluding ortho intramolecular Hbond substituents is 1. The second-order valence-electron chi connectivity index (χ2n) is 5.62. The predicted octanol–water partition coefficient (Wildman–Crippen LogP) is 3.63. The number of benzene rings is 2. The van der Waals surface area contributed by atoms with Gasteiger partial charge in [-0.15, -0.1) is 0 Å². The second kappa shape index (κ2) is 4.92. The van der Waals surface area contributed by atoms with Gasteiger partial charge in [-0.1, -0.05) is 30.3 Å². The summed E-state index contributed by atoms with van der Waals surface area (Å²) in [5.74, 6) is 0.00570. The Balaban J connectivity index is 2.27. The molecule has 0 aliphatic rings. The molecule has 0 unspecified atom stereocenters. The van der Waals surface area contributed by atoms with E-state index < -0.39 is 5.41 Å². The van der Waals surface area contributed by atoms with Gasteiger partial charge in [0.1, 0.15) is 12.4 Å². The van der Waals surface area contributed by atoms with Crippen molar-refractivity contribution in [2.45, 2.75) is 27.4 Å². The Hall–Kier alpha value is -2.03. The third-order valence-electron chi connectivity index (χ3n) is 2.96. The number of carbonyl (C=O) groups is 1. The van der Waals surface area contributed by atoms with Gasteiger partial charge in [-0.3, -0.25) is 4.79 Å². The van der Waals surface area contributed by atoms with Crippen LogP contribution < -0.4 is 0 Å². The molecule has 0 saturated carbocycles. The third-order valence-corrected chi connectivity index (χ3v) is 2.96. The van der Waals surface area contributed by atoms with Crippen molar-refractivity contribution >= 4 is 16.7 Å². The largest absolute Gasteiger partial charge is 0.507 e. The van der Waals surface area contributed by atoms with E-state index in [1.165, 1.54) is 0 Å². The zero-order chi connectivity index (χ0) is 14.0. The van der Waals surface area contributed by atoms with Crippen LogP contribution >= 0.6 is 0 Å². The molecule has 0 spiro atoms. The Kier molecular flexibility index (Phi) is 3.47. The average Bonchev–Trinajstić information content (AvgIpc) is 2.35. The smallest absolute Gasteiger partial charge is 0.311 e. The Bertz CT molecular complexity index is 609. The van der Waals surface area contributed by atoms with Crippen LogP contribution in [0.2, 0.25) is 0 Å². The summed E-state index contributed by atoms with van der Waals surface area (Å²) in [5, 5.41) is 11.5. The Morgan fingerprint density at radius 1 is 1.11 bits per heavy atom. The zero-order valence-electron chi connectivity index (χ0n) is 11.4. The molecule has 0 aliphatic carbocycles. The lowest BCUT2D eigenvalue weighted by Gasteiger charge is -2.17. The highest BCUT2D eigenvalue weighted by molar-refractivity contribution is 5.90. The first-order chi connectivity index (χ1) is 8.89. The van der Waals surface area contributed by atoms with Gasteiger partial charge in [-0.2, -0.15) is 0 Å². The van der Waals surface area contributed by atoms with E-state index >= 15 is 0 Å². The van der Waals surface area contributed by atoms with Crippen molar-refractivity contribution in [2.24, 2.45) is 5.41 Å². The van der Waals surface area contributed by atoms with Crippen LogP contribution in [0.5, 0.6) is 5.75 Å². The van der Waals surface area contributed by atoms with Crippen molar-refractivity contribution in [1.82, 2.24) is 0 Å². The number of ether oxygens (including phenoxy) is 1. The number of rotatable bonds is 2.